The quantitative estimate of drug-likeness (QED) is 0.717. The number of likely N-dealkylation sites (N-methyl/N-ethyl adjacent to an activating group) is 1. The molecular weight excluding hydrogens is 265 g/mol. The van der Waals surface area contributed by atoms with Gasteiger partial charge in [0.25, 0.3) is 0 Å². The lowest BCUT2D eigenvalue weighted by molar-refractivity contribution is -0.175. The highest BCUT2D eigenvalue weighted by atomic mass is 19.4. The second-order valence-electron chi connectivity index (χ2n) is 5.25. The number of likely N-dealkylation sites (tertiary alicyclic amines) is 1. The van der Waals surface area contributed by atoms with Gasteiger partial charge in [-0.3, -0.25) is 4.90 Å². The summed E-state index contributed by atoms with van der Waals surface area (Å²) in [6, 6.07) is -1.68. The first-order valence-electron chi connectivity index (χ1n) is 6.73. The van der Waals surface area contributed by atoms with Gasteiger partial charge in [0.1, 0.15) is 6.04 Å². The molecule has 0 amide bonds. The molecule has 20 heavy (non-hydrogen) atoms. The van der Waals surface area contributed by atoms with Crippen LogP contribution in [0.15, 0.2) is 37.0 Å². The highest BCUT2D eigenvalue weighted by molar-refractivity contribution is 5.28. The van der Waals surface area contributed by atoms with Crippen molar-refractivity contribution in [2.45, 2.75) is 31.1 Å². The smallest absolute Gasteiger partial charge is 0.306 e. The van der Waals surface area contributed by atoms with Crippen LogP contribution in [-0.2, 0) is 0 Å². The van der Waals surface area contributed by atoms with E-state index in [1.165, 1.54) is 23.1 Å². The number of halogens is 3. The van der Waals surface area contributed by atoms with Gasteiger partial charge in [0, 0.05) is 6.04 Å². The molecule has 0 spiro atoms. The number of nitrogens with zero attached hydrogens (tertiary/aromatic N) is 2. The first kappa shape index (κ1) is 17.0. The summed E-state index contributed by atoms with van der Waals surface area (Å²) in [6.45, 7) is 8.64. The van der Waals surface area contributed by atoms with Gasteiger partial charge >= 0.3 is 6.18 Å². The maximum Gasteiger partial charge on any atom is 0.408 e. The van der Waals surface area contributed by atoms with Crippen molar-refractivity contribution in [1.29, 1.82) is 0 Å². The van der Waals surface area contributed by atoms with E-state index >= 15 is 0 Å². The Bertz CT molecular complexity index is 366. The largest absolute Gasteiger partial charge is 0.408 e. The number of alkyl halides is 3. The fourth-order valence-corrected chi connectivity index (χ4v) is 2.67. The monoisotopic (exact) mass is 288 g/mol. The Morgan fingerprint density at radius 1 is 1.30 bits per heavy atom. The van der Waals surface area contributed by atoms with Crippen molar-refractivity contribution < 1.29 is 13.2 Å². The van der Waals surface area contributed by atoms with Gasteiger partial charge in [-0.25, -0.2) is 0 Å². The molecule has 5 heteroatoms. The summed E-state index contributed by atoms with van der Waals surface area (Å²) in [6.07, 6.45) is 1.21. The van der Waals surface area contributed by atoms with Crippen molar-refractivity contribution >= 4 is 0 Å². The van der Waals surface area contributed by atoms with E-state index in [1.807, 2.05) is 7.05 Å². The number of allylic oxidation sites excluding steroid dienone is 2. The van der Waals surface area contributed by atoms with Gasteiger partial charge in [0.05, 0.1) is 0 Å². The molecule has 1 aliphatic heterocycles. The molecule has 0 saturated carbocycles. The van der Waals surface area contributed by atoms with Gasteiger partial charge in [-0.1, -0.05) is 31.4 Å². The van der Waals surface area contributed by atoms with Crippen molar-refractivity contribution in [3.05, 3.63) is 37.0 Å². The van der Waals surface area contributed by atoms with Crippen LogP contribution < -0.4 is 0 Å². The van der Waals surface area contributed by atoms with E-state index in [2.05, 4.69) is 18.1 Å². The van der Waals surface area contributed by atoms with Crippen LogP contribution in [0.4, 0.5) is 13.2 Å². The van der Waals surface area contributed by atoms with Crippen LogP contribution in [0.5, 0.6) is 0 Å². The van der Waals surface area contributed by atoms with Gasteiger partial charge in [0.2, 0.25) is 0 Å². The zero-order valence-corrected chi connectivity index (χ0v) is 12.2. The van der Waals surface area contributed by atoms with Crippen molar-refractivity contribution in [1.82, 2.24) is 9.80 Å². The van der Waals surface area contributed by atoms with Crippen LogP contribution in [0.25, 0.3) is 0 Å². The highest BCUT2D eigenvalue weighted by Gasteiger charge is 2.45. The molecule has 1 saturated heterocycles. The third kappa shape index (κ3) is 4.21. The number of hydrogen-bond acceptors (Lipinski definition) is 2. The van der Waals surface area contributed by atoms with Crippen LogP contribution in [0, 0.1) is 0 Å². The molecule has 2 nitrogen and oxygen atoms in total. The molecule has 0 N–H and O–H groups in total. The molecule has 0 bridgehead atoms. The van der Waals surface area contributed by atoms with E-state index in [-0.39, 0.29) is 11.6 Å². The van der Waals surface area contributed by atoms with Crippen molar-refractivity contribution in [3.8, 4) is 0 Å². The summed E-state index contributed by atoms with van der Waals surface area (Å²) in [5.41, 5.74) is 0.147. The first-order chi connectivity index (χ1) is 9.31. The first-order valence-corrected chi connectivity index (χ1v) is 6.73. The van der Waals surface area contributed by atoms with E-state index in [1.54, 1.807) is 7.05 Å². The normalized spacial score (nSPS) is 21.0. The summed E-state index contributed by atoms with van der Waals surface area (Å²) in [5.74, 6) is 0. The SMILES string of the molecule is C=C/C=C(\C=C)C(N(C)C1CCN(C)CC1)C(F)(F)F. The maximum atomic E-state index is 13.4. The fraction of sp³-hybridized carbons (Fsp3) is 0.600. The van der Waals surface area contributed by atoms with Gasteiger partial charge < -0.3 is 4.90 Å². The molecule has 1 aliphatic rings. The molecular formula is C15H23F3N2. The molecule has 114 valence electrons. The van der Waals surface area contributed by atoms with Crippen LogP contribution in [0.3, 0.4) is 0 Å². The Morgan fingerprint density at radius 2 is 1.85 bits per heavy atom. The lowest BCUT2D eigenvalue weighted by atomic mass is 9.98. The zero-order chi connectivity index (χ0) is 15.3. The van der Waals surface area contributed by atoms with Gasteiger partial charge in [-0.05, 0) is 45.6 Å². The molecule has 0 aromatic rings. The Hall–Kier alpha value is -1.07. The summed E-state index contributed by atoms with van der Waals surface area (Å²) < 4.78 is 40.2. The third-order valence-corrected chi connectivity index (χ3v) is 3.84. The average molecular weight is 288 g/mol. The van der Waals surface area contributed by atoms with Gasteiger partial charge in [-0.2, -0.15) is 13.2 Å². The van der Waals surface area contributed by atoms with Crippen LogP contribution in [0.1, 0.15) is 12.8 Å². The second-order valence-corrected chi connectivity index (χ2v) is 5.25. The standard InChI is InChI=1S/C15H23F3N2/c1-5-7-12(6-2)14(15(16,17)18)20(4)13-8-10-19(3)11-9-13/h5-7,13-14H,1-2,8-11H2,3-4H3/b12-7+. The van der Waals surface area contributed by atoms with Gasteiger partial charge in [-0.15, -0.1) is 0 Å². The molecule has 0 aliphatic carbocycles. The Balaban J connectivity index is 2.96. The van der Waals surface area contributed by atoms with Crippen molar-refractivity contribution in [2.75, 3.05) is 27.2 Å². The summed E-state index contributed by atoms with van der Waals surface area (Å²) in [7, 11) is 3.54. The second kappa shape index (κ2) is 7.09. The van der Waals surface area contributed by atoms with E-state index < -0.39 is 12.2 Å². The molecule has 0 aromatic heterocycles. The summed E-state index contributed by atoms with van der Waals surface area (Å²) >= 11 is 0. The Morgan fingerprint density at radius 3 is 2.25 bits per heavy atom. The molecule has 1 atom stereocenters. The minimum atomic E-state index is -4.32. The van der Waals surface area contributed by atoms with Crippen molar-refractivity contribution in [3.63, 3.8) is 0 Å². The molecule has 0 radical (unpaired) electrons. The maximum absolute atomic E-state index is 13.4. The van der Waals surface area contributed by atoms with E-state index in [0.29, 0.717) is 0 Å². The van der Waals surface area contributed by atoms with Crippen LogP contribution >= 0.6 is 0 Å². The predicted octanol–water partition coefficient (Wildman–Crippen LogP) is 3.24. The molecule has 1 unspecified atom stereocenters. The Kier molecular flexibility index (Phi) is 6.02. The minimum Gasteiger partial charge on any atom is -0.306 e. The molecule has 1 fully saturated rings. The molecule has 1 rings (SSSR count). The number of rotatable bonds is 5. The molecule has 0 aromatic carbocycles. The summed E-state index contributed by atoms with van der Waals surface area (Å²) in [4.78, 5) is 3.57. The summed E-state index contributed by atoms with van der Waals surface area (Å²) in [5, 5.41) is 0. The fourth-order valence-electron chi connectivity index (χ4n) is 2.67. The Labute approximate surface area is 119 Å². The zero-order valence-electron chi connectivity index (χ0n) is 12.2. The van der Waals surface area contributed by atoms with E-state index in [0.717, 1.165) is 25.9 Å². The average Bonchev–Trinajstić information content (AvgIpc) is 2.37. The van der Waals surface area contributed by atoms with Crippen LogP contribution in [0.2, 0.25) is 0 Å². The lowest BCUT2D eigenvalue weighted by Crippen LogP contribution is -2.52. The van der Waals surface area contributed by atoms with Crippen molar-refractivity contribution in [2.24, 2.45) is 0 Å². The van der Waals surface area contributed by atoms with Gasteiger partial charge in [0.15, 0.2) is 0 Å². The molecule has 1 heterocycles. The third-order valence-electron chi connectivity index (χ3n) is 3.84. The van der Waals surface area contributed by atoms with E-state index in [9.17, 15) is 13.2 Å². The van der Waals surface area contributed by atoms with Crippen LogP contribution in [-0.4, -0.2) is 55.2 Å². The lowest BCUT2D eigenvalue weighted by Gasteiger charge is -2.40. The highest BCUT2D eigenvalue weighted by Crippen LogP contribution is 2.33. The van der Waals surface area contributed by atoms with E-state index in [4.69, 9.17) is 0 Å². The number of hydrogen-bond donors (Lipinski definition) is 0. The predicted molar refractivity (Wildman–Crippen MR) is 76.6 cm³/mol. The minimum absolute atomic E-state index is 0.0639. The topological polar surface area (TPSA) is 6.48 Å². The number of piperidine rings is 1.